The predicted octanol–water partition coefficient (Wildman–Crippen LogP) is 5.19. The van der Waals surface area contributed by atoms with E-state index in [1.165, 1.54) is 30.5 Å². The number of amides is 1. The number of halogens is 3. The lowest BCUT2D eigenvalue weighted by atomic mass is 10.1. The number of ether oxygens (including phenoxy) is 1. The first kappa shape index (κ1) is 23.2. The fourth-order valence-corrected chi connectivity index (χ4v) is 3.44. The molecule has 11 heteroatoms. The average Bonchev–Trinajstić information content (AvgIpc) is 2.69. The van der Waals surface area contributed by atoms with Crippen molar-refractivity contribution in [3.63, 3.8) is 0 Å². The molecule has 2 heterocycles. The van der Waals surface area contributed by atoms with Crippen LogP contribution in [0.2, 0.25) is 0 Å². The number of benzene rings is 1. The summed E-state index contributed by atoms with van der Waals surface area (Å²) in [6.07, 6.45) is -2.93. The number of pyridine rings is 2. The summed E-state index contributed by atoms with van der Waals surface area (Å²) in [5.74, 6) is -1.01. The van der Waals surface area contributed by atoms with Gasteiger partial charge in [0.15, 0.2) is 5.75 Å². The number of anilines is 1. The molecule has 0 aliphatic carbocycles. The molecular formula is C21H19F3N4O3S. The number of nitrogens with one attached hydrogen (secondary N) is 2. The molecule has 0 radical (unpaired) electrons. The van der Waals surface area contributed by atoms with Gasteiger partial charge < -0.3 is 10.1 Å². The molecule has 2 aromatic heterocycles. The van der Waals surface area contributed by atoms with E-state index in [0.717, 1.165) is 5.69 Å². The molecule has 2 N–H and O–H groups in total. The summed E-state index contributed by atoms with van der Waals surface area (Å²) in [6, 6.07) is 9.59. The van der Waals surface area contributed by atoms with Gasteiger partial charge in [-0.15, -0.1) is 0 Å². The smallest absolute Gasteiger partial charge is 0.417 e. The van der Waals surface area contributed by atoms with Crippen molar-refractivity contribution in [2.75, 3.05) is 11.6 Å². The number of hydrogen-bond donors (Lipinski definition) is 2. The normalized spacial score (nSPS) is 13.3. The molecule has 0 aliphatic rings. The first-order valence-corrected chi connectivity index (χ1v) is 11.2. The summed E-state index contributed by atoms with van der Waals surface area (Å²) in [4.78, 5) is 21.0. The Morgan fingerprint density at radius 1 is 1.16 bits per heavy atom. The number of alkyl halides is 3. The van der Waals surface area contributed by atoms with Crippen LogP contribution in [0.5, 0.6) is 11.6 Å². The largest absolute Gasteiger partial charge is 0.436 e. The van der Waals surface area contributed by atoms with Crippen LogP contribution in [0.15, 0.2) is 53.6 Å². The molecule has 1 unspecified atom stereocenters. The number of aromatic nitrogens is 2. The summed E-state index contributed by atoms with van der Waals surface area (Å²) in [7, 11) is -3.05. The SMILES string of the molecule is Cc1ccc(Oc2ncc(C(F)(F)F)cc2C(=O)Nc2cccc(S(C)(=N)=O)c2)c(C)n1. The molecule has 0 bridgehead atoms. The summed E-state index contributed by atoms with van der Waals surface area (Å²) in [5.41, 5.74) is -0.224. The monoisotopic (exact) mass is 464 g/mol. The standard InChI is InChI=1S/C21H19F3N4O3S/c1-12-7-8-18(13(2)27-12)31-20-17(9-14(11-26-20)21(22,23)24)19(29)28-15-5-4-6-16(10-15)32(3,25)30/h4-11,25H,1-3H3,(H,28,29). The third-order valence-electron chi connectivity index (χ3n) is 4.35. The Bertz CT molecular complexity index is 1290. The zero-order valence-corrected chi connectivity index (χ0v) is 18.1. The Morgan fingerprint density at radius 2 is 1.88 bits per heavy atom. The van der Waals surface area contributed by atoms with E-state index < -0.39 is 32.9 Å². The van der Waals surface area contributed by atoms with E-state index in [4.69, 9.17) is 9.52 Å². The quantitative estimate of drug-likeness (QED) is 0.541. The maximum atomic E-state index is 13.2. The van der Waals surface area contributed by atoms with Crippen LogP contribution in [0.4, 0.5) is 18.9 Å². The van der Waals surface area contributed by atoms with Gasteiger partial charge in [-0.05, 0) is 50.2 Å². The van der Waals surface area contributed by atoms with E-state index in [1.807, 2.05) is 0 Å². The number of rotatable bonds is 5. The number of aryl methyl sites for hydroxylation is 2. The molecule has 1 amide bonds. The fraction of sp³-hybridized carbons (Fsp3) is 0.190. The summed E-state index contributed by atoms with van der Waals surface area (Å²) in [6.45, 7) is 3.42. The highest BCUT2D eigenvalue weighted by atomic mass is 32.2. The predicted molar refractivity (Wildman–Crippen MR) is 112 cm³/mol. The van der Waals surface area contributed by atoms with Crippen molar-refractivity contribution in [2.24, 2.45) is 0 Å². The molecule has 0 saturated heterocycles. The first-order valence-electron chi connectivity index (χ1n) is 9.19. The van der Waals surface area contributed by atoms with Crippen molar-refractivity contribution in [3.05, 3.63) is 71.2 Å². The minimum Gasteiger partial charge on any atom is -0.436 e. The molecule has 1 aromatic carbocycles. The van der Waals surface area contributed by atoms with Crippen molar-refractivity contribution in [3.8, 4) is 11.6 Å². The molecule has 0 fully saturated rings. The van der Waals surface area contributed by atoms with Gasteiger partial charge in [0.05, 0.1) is 21.0 Å². The molecule has 7 nitrogen and oxygen atoms in total. The van der Waals surface area contributed by atoms with Crippen molar-refractivity contribution in [1.82, 2.24) is 9.97 Å². The molecule has 32 heavy (non-hydrogen) atoms. The van der Waals surface area contributed by atoms with Gasteiger partial charge in [0.2, 0.25) is 5.88 Å². The molecule has 168 valence electrons. The van der Waals surface area contributed by atoms with Gasteiger partial charge in [0.1, 0.15) is 5.56 Å². The lowest BCUT2D eigenvalue weighted by molar-refractivity contribution is -0.137. The van der Waals surface area contributed by atoms with Crippen LogP contribution in [0.3, 0.4) is 0 Å². The van der Waals surface area contributed by atoms with Crippen LogP contribution >= 0.6 is 0 Å². The second-order valence-electron chi connectivity index (χ2n) is 7.04. The summed E-state index contributed by atoms with van der Waals surface area (Å²) < 4.78 is 64.9. The van der Waals surface area contributed by atoms with Gasteiger partial charge in [-0.25, -0.2) is 14.0 Å². The zero-order valence-electron chi connectivity index (χ0n) is 17.3. The second-order valence-corrected chi connectivity index (χ2v) is 9.20. The number of hydrogen-bond acceptors (Lipinski definition) is 6. The zero-order chi connectivity index (χ0) is 23.7. The van der Waals surface area contributed by atoms with E-state index in [1.54, 1.807) is 26.0 Å². The number of carbonyl (C=O) groups excluding carboxylic acids is 1. The Hall–Kier alpha value is -3.47. The molecular weight excluding hydrogens is 445 g/mol. The topological polar surface area (TPSA) is 105 Å². The van der Waals surface area contributed by atoms with E-state index in [9.17, 15) is 22.2 Å². The Balaban J connectivity index is 2.01. The van der Waals surface area contributed by atoms with Crippen LogP contribution in [0.1, 0.15) is 27.3 Å². The third kappa shape index (κ3) is 5.41. The van der Waals surface area contributed by atoms with Gasteiger partial charge in [-0.3, -0.25) is 9.78 Å². The highest BCUT2D eigenvalue weighted by molar-refractivity contribution is 7.91. The molecule has 1 atom stereocenters. The van der Waals surface area contributed by atoms with Crippen LogP contribution in [0, 0.1) is 18.6 Å². The van der Waals surface area contributed by atoms with Crippen LogP contribution in [-0.2, 0) is 15.9 Å². The second kappa shape index (κ2) is 8.58. The van der Waals surface area contributed by atoms with Crippen LogP contribution < -0.4 is 10.1 Å². The minimum atomic E-state index is -4.72. The molecule has 0 spiro atoms. The molecule has 3 rings (SSSR count). The van der Waals surface area contributed by atoms with E-state index in [-0.39, 0.29) is 22.2 Å². The third-order valence-corrected chi connectivity index (χ3v) is 5.50. The summed E-state index contributed by atoms with van der Waals surface area (Å²) >= 11 is 0. The number of carbonyl (C=O) groups is 1. The van der Waals surface area contributed by atoms with Crippen molar-refractivity contribution >= 4 is 21.3 Å². The van der Waals surface area contributed by atoms with Crippen molar-refractivity contribution in [1.29, 1.82) is 4.78 Å². The highest BCUT2D eigenvalue weighted by Crippen LogP contribution is 2.33. The lowest BCUT2D eigenvalue weighted by Gasteiger charge is -2.14. The van der Waals surface area contributed by atoms with Gasteiger partial charge in [-0.2, -0.15) is 13.2 Å². The Morgan fingerprint density at radius 3 is 2.50 bits per heavy atom. The lowest BCUT2D eigenvalue weighted by Crippen LogP contribution is -2.16. The molecule has 3 aromatic rings. The van der Waals surface area contributed by atoms with Gasteiger partial charge in [0, 0.05) is 28.7 Å². The van der Waals surface area contributed by atoms with Crippen molar-refractivity contribution < 1.29 is 26.9 Å². The van der Waals surface area contributed by atoms with Gasteiger partial charge in [0.25, 0.3) is 5.91 Å². The maximum Gasteiger partial charge on any atom is 0.417 e. The van der Waals surface area contributed by atoms with Gasteiger partial charge in [-0.1, -0.05) is 6.07 Å². The first-order chi connectivity index (χ1) is 14.8. The van der Waals surface area contributed by atoms with E-state index in [0.29, 0.717) is 18.0 Å². The van der Waals surface area contributed by atoms with E-state index in [2.05, 4.69) is 15.3 Å². The number of nitrogens with zero attached hydrogens (tertiary/aromatic N) is 2. The van der Waals surface area contributed by atoms with Crippen molar-refractivity contribution in [2.45, 2.75) is 24.9 Å². The molecule has 0 aliphatic heterocycles. The van der Waals surface area contributed by atoms with Gasteiger partial charge >= 0.3 is 6.18 Å². The van der Waals surface area contributed by atoms with E-state index >= 15 is 0 Å². The summed E-state index contributed by atoms with van der Waals surface area (Å²) in [5, 5.41) is 2.45. The molecule has 0 saturated carbocycles. The van der Waals surface area contributed by atoms with Crippen LogP contribution in [0.25, 0.3) is 0 Å². The Labute approximate surface area is 182 Å². The fourth-order valence-electron chi connectivity index (χ4n) is 2.75. The minimum absolute atomic E-state index is 0.158. The Kier molecular flexibility index (Phi) is 6.22. The highest BCUT2D eigenvalue weighted by Gasteiger charge is 2.33. The maximum absolute atomic E-state index is 13.2. The average molecular weight is 464 g/mol. The van der Waals surface area contributed by atoms with Crippen LogP contribution in [-0.4, -0.2) is 26.3 Å².